The molecule has 1 fully saturated rings. The van der Waals surface area contributed by atoms with Crippen molar-refractivity contribution in [2.24, 2.45) is 10.9 Å². The predicted octanol–water partition coefficient (Wildman–Crippen LogP) is 2.74. The van der Waals surface area contributed by atoms with Crippen LogP contribution in [0.15, 0.2) is 22.8 Å². The summed E-state index contributed by atoms with van der Waals surface area (Å²) in [7, 11) is 1.85. The quantitative estimate of drug-likeness (QED) is 0.437. The molecule has 1 amide bonds. The van der Waals surface area contributed by atoms with Gasteiger partial charge in [0.25, 0.3) is 0 Å². The zero-order chi connectivity index (χ0) is 22.5. The second-order valence-corrected chi connectivity index (χ2v) is 9.17. The molecule has 1 aromatic rings. The Kier molecular flexibility index (Phi) is 7.73. The number of aliphatic imine (C=N–C) groups is 1. The van der Waals surface area contributed by atoms with Gasteiger partial charge >= 0.3 is 0 Å². The van der Waals surface area contributed by atoms with E-state index in [2.05, 4.69) is 15.3 Å². The van der Waals surface area contributed by atoms with E-state index < -0.39 is 11.2 Å². The molecule has 0 unspecified atom stereocenters. The molecule has 7 nitrogen and oxygen atoms in total. The molecule has 160 valence electrons. The third-order valence-corrected chi connectivity index (χ3v) is 5.77. The van der Waals surface area contributed by atoms with Crippen molar-refractivity contribution in [2.75, 3.05) is 25.9 Å². The molecule has 1 atom stereocenters. The summed E-state index contributed by atoms with van der Waals surface area (Å²) < 4.78 is 14.7. The average Bonchev–Trinajstić information content (AvgIpc) is 2.66. The van der Waals surface area contributed by atoms with Crippen LogP contribution in [-0.2, 0) is 15.0 Å². The van der Waals surface area contributed by atoms with Crippen LogP contribution in [-0.4, -0.2) is 53.1 Å². The van der Waals surface area contributed by atoms with E-state index in [4.69, 9.17) is 0 Å². The van der Waals surface area contributed by atoms with Crippen molar-refractivity contribution in [1.29, 1.82) is 5.26 Å². The van der Waals surface area contributed by atoms with Crippen LogP contribution in [0, 0.1) is 23.1 Å². The van der Waals surface area contributed by atoms with Crippen LogP contribution >= 0.6 is 11.8 Å². The number of nitrogens with one attached hydrogen (secondary N) is 1. The van der Waals surface area contributed by atoms with Crippen molar-refractivity contribution in [3.8, 4) is 6.07 Å². The molecular weight excluding hydrogens is 405 g/mol. The highest BCUT2D eigenvalue weighted by Gasteiger charge is 2.25. The minimum Gasteiger partial charge on any atom is -0.356 e. The summed E-state index contributed by atoms with van der Waals surface area (Å²) in [5, 5.41) is 12.8. The smallest absolute Gasteiger partial charge is 0.216 e. The normalized spacial score (nSPS) is 19.2. The van der Waals surface area contributed by atoms with Crippen LogP contribution < -0.4 is 5.32 Å². The summed E-state index contributed by atoms with van der Waals surface area (Å²) >= 11 is 1.46. The van der Waals surface area contributed by atoms with Crippen LogP contribution in [0.4, 0.5) is 4.39 Å². The molecule has 0 aliphatic carbocycles. The Hall–Kier alpha value is -2.73. The molecule has 2 heterocycles. The first kappa shape index (κ1) is 23.5. The van der Waals surface area contributed by atoms with Crippen LogP contribution in [0.3, 0.4) is 0 Å². The average molecular weight is 432 g/mol. The lowest BCUT2D eigenvalue weighted by atomic mass is 9.91. The number of aldehydes is 1. The molecule has 0 spiro atoms. The highest BCUT2D eigenvalue weighted by molar-refractivity contribution is 8.13. The number of aromatic nitrogens is 1. The number of nitriles is 1. The maximum Gasteiger partial charge on any atom is 0.216 e. The van der Waals surface area contributed by atoms with Gasteiger partial charge in [0, 0.05) is 55.9 Å². The number of thioether (sulfide) groups is 1. The first-order valence-electron chi connectivity index (χ1n) is 9.49. The molecule has 1 aromatic heterocycles. The fourth-order valence-corrected chi connectivity index (χ4v) is 4.04. The van der Waals surface area contributed by atoms with Crippen molar-refractivity contribution in [2.45, 2.75) is 33.1 Å². The number of rotatable bonds is 5. The van der Waals surface area contributed by atoms with Crippen molar-refractivity contribution < 1.29 is 14.0 Å². The second-order valence-electron chi connectivity index (χ2n) is 8.19. The number of hydrogen-bond acceptors (Lipinski definition) is 6. The molecule has 1 N–H and O–H groups in total. The monoisotopic (exact) mass is 431 g/mol. The van der Waals surface area contributed by atoms with Crippen LogP contribution in [0.5, 0.6) is 0 Å². The minimum absolute atomic E-state index is 0.0785. The first-order chi connectivity index (χ1) is 14.1. The van der Waals surface area contributed by atoms with Gasteiger partial charge in [-0.25, -0.2) is 9.38 Å². The fourth-order valence-electron chi connectivity index (χ4n) is 2.98. The number of carbonyl (C=O) groups is 2. The number of pyridine rings is 1. The summed E-state index contributed by atoms with van der Waals surface area (Å²) in [5.41, 5.74) is -0.0156. The molecule has 9 heteroatoms. The highest BCUT2D eigenvalue weighted by Crippen LogP contribution is 2.29. The van der Waals surface area contributed by atoms with Gasteiger partial charge in [0.05, 0.1) is 11.4 Å². The molecule has 1 aliphatic rings. The SMILES string of the molecule is CC(=O)NC[C@H]1CSC(=N/C(=C(/C#N)C=O)c2cnc(C(C)(C)C)c(F)c2)N(C)C1. The van der Waals surface area contributed by atoms with Gasteiger partial charge in [0.2, 0.25) is 5.91 Å². The van der Waals surface area contributed by atoms with Crippen molar-refractivity contribution in [1.82, 2.24) is 15.2 Å². The highest BCUT2D eigenvalue weighted by atomic mass is 32.2. The zero-order valence-corrected chi connectivity index (χ0v) is 18.6. The third-order valence-electron chi connectivity index (χ3n) is 4.47. The number of amides is 1. The van der Waals surface area contributed by atoms with Crippen molar-refractivity contribution in [3.63, 3.8) is 0 Å². The van der Waals surface area contributed by atoms with E-state index in [1.165, 1.54) is 30.9 Å². The molecule has 2 rings (SSSR count). The Morgan fingerprint density at radius 2 is 2.23 bits per heavy atom. The van der Waals surface area contributed by atoms with E-state index in [0.29, 0.717) is 30.2 Å². The molecule has 0 aromatic carbocycles. The number of allylic oxidation sites excluding steroid dienone is 1. The van der Waals surface area contributed by atoms with Gasteiger partial charge in [0.1, 0.15) is 17.5 Å². The Labute approximate surface area is 180 Å². The number of amidine groups is 1. The van der Waals surface area contributed by atoms with E-state index in [9.17, 15) is 19.2 Å². The maximum atomic E-state index is 14.7. The van der Waals surface area contributed by atoms with Crippen molar-refractivity contribution in [3.05, 3.63) is 34.9 Å². The summed E-state index contributed by atoms with van der Waals surface area (Å²) in [6.45, 7) is 8.25. The lowest BCUT2D eigenvalue weighted by Crippen LogP contribution is -2.41. The standard InChI is InChI=1S/C21H26FN5O2S/c1-13(29)24-8-14-10-27(5)20(30-12-14)26-18(16(7-23)11-28)15-6-17(22)19(25-9-15)21(2,3)4/h6,9,11,14H,8,10,12H2,1-5H3,(H,24,29)/b18-16-,26-20?/t14-/m1/s1. The van der Waals surface area contributed by atoms with Gasteiger partial charge in [-0.15, -0.1) is 0 Å². The van der Waals surface area contributed by atoms with Crippen LogP contribution in [0.2, 0.25) is 0 Å². The van der Waals surface area contributed by atoms with Gasteiger partial charge in [-0.1, -0.05) is 32.5 Å². The summed E-state index contributed by atoms with van der Waals surface area (Å²) in [6.07, 6.45) is 1.86. The number of carbonyl (C=O) groups excluding carboxylic acids is 2. The van der Waals surface area contributed by atoms with Gasteiger partial charge in [-0.05, 0) is 6.07 Å². The minimum atomic E-state index is -0.513. The summed E-state index contributed by atoms with van der Waals surface area (Å²) in [6, 6.07) is 3.10. The van der Waals surface area contributed by atoms with Crippen LogP contribution in [0.25, 0.3) is 5.70 Å². The van der Waals surface area contributed by atoms with E-state index >= 15 is 0 Å². The van der Waals surface area contributed by atoms with E-state index in [1.54, 1.807) is 0 Å². The topological polar surface area (TPSA) is 98.4 Å². The number of halogens is 1. The Morgan fingerprint density at radius 3 is 2.73 bits per heavy atom. The maximum absolute atomic E-state index is 14.7. The molecule has 0 radical (unpaired) electrons. The van der Waals surface area contributed by atoms with Gasteiger partial charge in [-0.3, -0.25) is 14.6 Å². The largest absolute Gasteiger partial charge is 0.356 e. The molecule has 0 bridgehead atoms. The van der Waals surface area contributed by atoms with Crippen molar-refractivity contribution >= 4 is 34.8 Å². The van der Waals surface area contributed by atoms with E-state index in [-0.39, 0.29) is 28.7 Å². The summed E-state index contributed by atoms with van der Waals surface area (Å²) in [4.78, 5) is 33.2. The van der Waals surface area contributed by atoms with Gasteiger partial charge in [0.15, 0.2) is 11.5 Å². The van der Waals surface area contributed by atoms with Gasteiger partial charge < -0.3 is 10.2 Å². The fraction of sp³-hybridized carbons (Fsp3) is 0.476. The molecular formula is C21H26FN5O2S. The zero-order valence-electron chi connectivity index (χ0n) is 17.8. The van der Waals surface area contributed by atoms with E-state index in [0.717, 1.165) is 5.75 Å². The summed E-state index contributed by atoms with van der Waals surface area (Å²) in [5.74, 6) is 0.364. The Bertz CT molecular complexity index is 930. The Balaban J connectivity index is 2.38. The lowest BCUT2D eigenvalue weighted by molar-refractivity contribution is -0.119. The number of hydrogen-bond donors (Lipinski definition) is 1. The predicted molar refractivity (Wildman–Crippen MR) is 116 cm³/mol. The third kappa shape index (κ3) is 5.89. The first-order valence-corrected chi connectivity index (χ1v) is 10.5. The molecule has 1 aliphatic heterocycles. The molecule has 1 saturated heterocycles. The lowest BCUT2D eigenvalue weighted by Gasteiger charge is -2.32. The molecule has 30 heavy (non-hydrogen) atoms. The second kappa shape index (κ2) is 9.85. The molecule has 0 saturated carbocycles. The Morgan fingerprint density at radius 1 is 1.53 bits per heavy atom. The van der Waals surface area contributed by atoms with Gasteiger partial charge in [-0.2, -0.15) is 5.26 Å². The van der Waals surface area contributed by atoms with Crippen LogP contribution in [0.1, 0.15) is 39.0 Å². The number of nitrogens with zero attached hydrogens (tertiary/aromatic N) is 4. The van der Waals surface area contributed by atoms with E-state index in [1.807, 2.05) is 38.8 Å².